The van der Waals surface area contributed by atoms with E-state index in [1.165, 1.54) is 25.3 Å². The summed E-state index contributed by atoms with van der Waals surface area (Å²) in [6, 6.07) is 5.60. The van der Waals surface area contributed by atoms with Crippen molar-refractivity contribution in [1.82, 2.24) is 4.98 Å². The van der Waals surface area contributed by atoms with Crippen molar-refractivity contribution in [2.45, 2.75) is 6.42 Å². The fourth-order valence-corrected chi connectivity index (χ4v) is 2.43. The molecule has 0 aliphatic rings. The van der Waals surface area contributed by atoms with Crippen molar-refractivity contribution in [2.75, 3.05) is 25.6 Å². The molecule has 0 saturated carbocycles. The SMILES string of the molecule is COC(=O)Cc1csc(NC(=O)COC(=O)COc2ccccc2F)n1. The van der Waals surface area contributed by atoms with Crippen LogP contribution in [0.3, 0.4) is 0 Å². The van der Waals surface area contributed by atoms with Gasteiger partial charge in [-0.2, -0.15) is 0 Å². The maximum atomic E-state index is 13.3. The molecule has 0 atom stereocenters. The van der Waals surface area contributed by atoms with E-state index in [2.05, 4.69) is 15.0 Å². The minimum atomic E-state index is -0.825. The Morgan fingerprint density at radius 1 is 1.19 bits per heavy atom. The number of thiazole rings is 1. The monoisotopic (exact) mass is 382 g/mol. The molecule has 0 fully saturated rings. The summed E-state index contributed by atoms with van der Waals surface area (Å²) in [4.78, 5) is 38.4. The number of carbonyl (C=O) groups excluding carboxylic acids is 3. The molecule has 26 heavy (non-hydrogen) atoms. The Labute approximate surface area is 151 Å². The summed E-state index contributed by atoms with van der Waals surface area (Å²) in [5, 5.41) is 4.29. The summed E-state index contributed by atoms with van der Waals surface area (Å²) in [6.45, 7) is -1.08. The molecule has 1 amide bonds. The first kappa shape index (κ1) is 19.3. The molecule has 0 bridgehead atoms. The number of aromatic nitrogens is 1. The maximum Gasteiger partial charge on any atom is 0.344 e. The molecule has 10 heteroatoms. The fourth-order valence-electron chi connectivity index (χ4n) is 1.71. The number of nitrogens with one attached hydrogen (secondary N) is 1. The van der Waals surface area contributed by atoms with Gasteiger partial charge in [0, 0.05) is 5.38 Å². The third kappa shape index (κ3) is 6.13. The molecule has 1 N–H and O–H groups in total. The topological polar surface area (TPSA) is 104 Å². The Hall–Kier alpha value is -3.01. The number of ether oxygens (including phenoxy) is 3. The molecular weight excluding hydrogens is 367 g/mol. The molecule has 0 spiro atoms. The number of para-hydroxylation sites is 1. The predicted octanol–water partition coefficient (Wildman–Crippen LogP) is 1.56. The van der Waals surface area contributed by atoms with Gasteiger partial charge in [-0.05, 0) is 12.1 Å². The van der Waals surface area contributed by atoms with Crippen LogP contribution in [-0.4, -0.2) is 43.2 Å². The molecule has 2 aromatic rings. The van der Waals surface area contributed by atoms with Gasteiger partial charge in [-0.3, -0.25) is 14.9 Å². The number of methoxy groups -OCH3 is 1. The fraction of sp³-hybridized carbons (Fsp3) is 0.250. The molecule has 2 rings (SSSR count). The summed E-state index contributed by atoms with van der Waals surface area (Å²) in [5.74, 6) is -2.58. The van der Waals surface area contributed by atoms with E-state index >= 15 is 0 Å². The van der Waals surface area contributed by atoms with Gasteiger partial charge in [0.15, 0.2) is 29.9 Å². The Kier molecular flexibility index (Phi) is 7.03. The smallest absolute Gasteiger partial charge is 0.344 e. The highest BCUT2D eigenvalue weighted by molar-refractivity contribution is 7.13. The Bertz CT molecular complexity index is 795. The van der Waals surface area contributed by atoms with E-state index in [0.717, 1.165) is 11.3 Å². The molecule has 0 aliphatic carbocycles. The van der Waals surface area contributed by atoms with Crippen LogP contribution in [0.1, 0.15) is 5.69 Å². The van der Waals surface area contributed by atoms with Crippen LogP contribution in [0.5, 0.6) is 5.75 Å². The highest BCUT2D eigenvalue weighted by Crippen LogP contribution is 2.16. The minimum absolute atomic E-state index is 0.00869. The lowest BCUT2D eigenvalue weighted by Gasteiger charge is -2.07. The zero-order chi connectivity index (χ0) is 18.9. The Balaban J connectivity index is 1.72. The van der Waals surface area contributed by atoms with Crippen molar-refractivity contribution in [3.63, 3.8) is 0 Å². The third-order valence-electron chi connectivity index (χ3n) is 2.90. The van der Waals surface area contributed by atoms with Crippen LogP contribution in [0.2, 0.25) is 0 Å². The maximum absolute atomic E-state index is 13.3. The van der Waals surface area contributed by atoms with Gasteiger partial charge in [-0.25, -0.2) is 14.2 Å². The number of halogens is 1. The van der Waals surface area contributed by atoms with Crippen molar-refractivity contribution in [3.8, 4) is 5.75 Å². The molecular formula is C16H15FN2O6S. The molecule has 138 valence electrons. The second kappa shape index (κ2) is 9.47. The molecule has 0 unspecified atom stereocenters. The lowest BCUT2D eigenvalue weighted by molar-refractivity contribution is -0.149. The van der Waals surface area contributed by atoms with Gasteiger partial charge < -0.3 is 14.2 Å². The number of carbonyl (C=O) groups is 3. The van der Waals surface area contributed by atoms with Gasteiger partial charge in [0.2, 0.25) is 0 Å². The van der Waals surface area contributed by atoms with Gasteiger partial charge in [0.25, 0.3) is 5.91 Å². The van der Waals surface area contributed by atoms with Crippen LogP contribution < -0.4 is 10.1 Å². The molecule has 1 aromatic carbocycles. The second-order valence-electron chi connectivity index (χ2n) is 4.82. The van der Waals surface area contributed by atoms with Gasteiger partial charge in [-0.15, -0.1) is 11.3 Å². The minimum Gasteiger partial charge on any atom is -0.479 e. The Morgan fingerprint density at radius 2 is 1.96 bits per heavy atom. The van der Waals surface area contributed by atoms with Gasteiger partial charge in [0.1, 0.15) is 0 Å². The van der Waals surface area contributed by atoms with E-state index < -0.39 is 36.9 Å². The summed E-state index contributed by atoms with van der Waals surface area (Å²) in [7, 11) is 1.27. The normalized spacial score (nSPS) is 10.1. The number of rotatable bonds is 8. The summed E-state index contributed by atoms with van der Waals surface area (Å²) in [6.07, 6.45) is -0.00869. The van der Waals surface area contributed by atoms with Gasteiger partial charge in [0.05, 0.1) is 19.2 Å². The van der Waals surface area contributed by atoms with Crippen LogP contribution in [-0.2, 0) is 30.3 Å². The first-order valence-electron chi connectivity index (χ1n) is 7.32. The predicted molar refractivity (Wildman–Crippen MR) is 89.3 cm³/mol. The zero-order valence-corrected chi connectivity index (χ0v) is 14.5. The van der Waals surface area contributed by atoms with E-state index in [-0.39, 0.29) is 17.3 Å². The van der Waals surface area contributed by atoms with Crippen molar-refractivity contribution < 1.29 is 33.0 Å². The molecule has 8 nitrogen and oxygen atoms in total. The standard InChI is InChI=1S/C16H15FN2O6S/c1-23-14(21)6-10-9-26-16(18-10)19-13(20)7-25-15(22)8-24-12-5-3-2-4-11(12)17/h2-5,9H,6-8H2,1H3,(H,18,19,20). The first-order valence-corrected chi connectivity index (χ1v) is 8.20. The number of benzene rings is 1. The van der Waals surface area contributed by atoms with Crippen LogP contribution in [0.15, 0.2) is 29.6 Å². The average Bonchev–Trinajstić information content (AvgIpc) is 3.05. The van der Waals surface area contributed by atoms with Crippen LogP contribution in [0.4, 0.5) is 9.52 Å². The second-order valence-corrected chi connectivity index (χ2v) is 5.68. The molecule has 1 heterocycles. The zero-order valence-electron chi connectivity index (χ0n) is 13.7. The molecule has 0 saturated heterocycles. The lowest BCUT2D eigenvalue weighted by atomic mass is 10.3. The van der Waals surface area contributed by atoms with Crippen molar-refractivity contribution in [2.24, 2.45) is 0 Å². The van der Waals surface area contributed by atoms with Gasteiger partial charge >= 0.3 is 11.9 Å². The molecule has 0 radical (unpaired) electrons. The van der Waals surface area contributed by atoms with Crippen molar-refractivity contribution in [1.29, 1.82) is 0 Å². The van der Waals surface area contributed by atoms with Crippen LogP contribution in [0, 0.1) is 5.82 Å². The van der Waals surface area contributed by atoms with E-state index in [4.69, 9.17) is 9.47 Å². The highest BCUT2D eigenvalue weighted by Gasteiger charge is 2.13. The number of hydrogen-bond donors (Lipinski definition) is 1. The van der Waals surface area contributed by atoms with E-state index in [9.17, 15) is 18.8 Å². The number of hydrogen-bond acceptors (Lipinski definition) is 8. The van der Waals surface area contributed by atoms with E-state index in [0.29, 0.717) is 5.69 Å². The van der Waals surface area contributed by atoms with Crippen molar-refractivity contribution in [3.05, 3.63) is 41.2 Å². The molecule has 0 aliphatic heterocycles. The summed E-state index contributed by atoms with van der Waals surface area (Å²) < 4.78 is 27.5. The van der Waals surface area contributed by atoms with Crippen LogP contribution in [0.25, 0.3) is 0 Å². The quantitative estimate of drug-likeness (QED) is 0.691. The van der Waals surface area contributed by atoms with E-state index in [1.807, 2.05) is 0 Å². The first-order chi connectivity index (χ1) is 12.5. The molecule has 1 aromatic heterocycles. The van der Waals surface area contributed by atoms with Gasteiger partial charge in [-0.1, -0.05) is 12.1 Å². The number of nitrogens with zero attached hydrogens (tertiary/aromatic N) is 1. The summed E-state index contributed by atoms with van der Waals surface area (Å²) in [5.41, 5.74) is 0.451. The average molecular weight is 382 g/mol. The Morgan fingerprint density at radius 3 is 2.69 bits per heavy atom. The highest BCUT2D eigenvalue weighted by atomic mass is 32.1. The third-order valence-corrected chi connectivity index (χ3v) is 3.70. The number of esters is 2. The summed E-state index contributed by atoms with van der Waals surface area (Å²) >= 11 is 1.12. The lowest BCUT2D eigenvalue weighted by Crippen LogP contribution is -2.23. The largest absolute Gasteiger partial charge is 0.479 e. The van der Waals surface area contributed by atoms with E-state index in [1.54, 1.807) is 11.4 Å². The number of amides is 1. The van der Waals surface area contributed by atoms with Crippen LogP contribution >= 0.6 is 11.3 Å². The van der Waals surface area contributed by atoms with Crippen molar-refractivity contribution >= 4 is 34.3 Å². The number of anilines is 1.